The van der Waals surface area contributed by atoms with E-state index in [0.29, 0.717) is 0 Å². The number of ether oxygens (including phenoxy) is 2. The van der Waals surface area contributed by atoms with Gasteiger partial charge in [-0.15, -0.1) is 13.2 Å². The molecule has 0 aromatic heterocycles. The van der Waals surface area contributed by atoms with Crippen LogP contribution in [0.1, 0.15) is 5.56 Å². The summed E-state index contributed by atoms with van der Waals surface area (Å²) in [5.74, 6) is 0. The van der Waals surface area contributed by atoms with Crippen molar-refractivity contribution in [1.29, 1.82) is 0 Å². The van der Waals surface area contributed by atoms with Gasteiger partial charge in [-0.2, -0.15) is 8.78 Å². The van der Waals surface area contributed by atoms with E-state index in [9.17, 15) is 26.3 Å². The van der Waals surface area contributed by atoms with Crippen molar-refractivity contribution in [3.8, 4) is 0 Å². The summed E-state index contributed by atoms with van der Waals surface area (Å²) < 4.78 is 79.2. The third kappa shape index (κ3) is 4.92. The molecule has 0 aliphatic carbocycles. The lowest BCUT2D eigenvalue weighted by atomic mass is 10.2. The van der Waals surface area contributed by atoms with Crippen molar-refractivity contribution >= 4 is 0 Å². The molecule has 1 aromatic rings. The number of rotatable bonds is 5. The summed E-state index contributed by atoms with van der Waals surface area (Å²) in [5.41, 5.74) is 0.261. The molecule has 0 heterocycles. The smallest absolute Gasteiger partial charge is 0.311 e. The highest BCUT2D eigenvalue weighted by atomic mass is 19.4. The van der Waals surface area contributed by atoms with E-state index in [4.69, 9.17) is 0 Å². The van der Waals surface area contributed by atoms with Gasteiger partial charge in [0.15, 0.2) is 0 Å². The first-order valence-corrected chi connectivity index (χ1v) is 4.65. The fourth-order valence-electron chi connectivity index (χ4n) is 1.01. The minimum absolute atomic E-state index is 0.261. The van der Waals surface area contributed by atoms with Crippen LogP contribution in [0, 0.1) is 0 Å². The van der Waals surface area contributed by atoms with Gasteiger partial charge in [-0.25, -0.2) is 9.13 Å². The molecule has 1 rings (SSSR count). The van der Waals surface area contributed by atoms with Crippen molar-refractivity contribution in [2.75, 3.05) is 0 Å². The number of hydrogen-bond donors (Lipinski definition) is 0. The van der Waals surface area contributed by atoms with E-state index in [2.05, 4.69) is 9.47 Å². The minimum Gasteiger partial charge on any atom is -0.311 e. The normalized spacial score (nSPS) is 14.6. The van der Waals surface area contributed by atoms with Crippen LogP contribution in [0.3, 0.4) is 0 Å². The van der Waals surface area contributed by atoms with Crippen molar-refractivity contribution in [2.24, 2.45) is 0 Å². The Balaban J connectivity index is 2.54. The second kappa shape index (κ2) is 5.57. The summed E-state index contributed by atoms with van der Waals surface area (Å²) in [4.78, 5) is 0. The second-order valence-corrected chi connectivity index (χ2v) is 3.22. The Morgan fingerprint density at radius 2 is 1.56 bits per heavy atom. The highest BCUT2D eigenvalue weighted by molar-refractivity contribution is 5.13. The van der Waals surface area contributed by atoms with E-state index in [-0.39, 0.29) is 5.56 Å². The lowest BCUT2D eigenvalue weighted by molar-refractivity contribution is -0.425. The van der Waals surface area contributed by atoms with Crippen LogP contribution in [-0.2, 0) is 16.1 Å². The Kier molecular flexibility index (Phi) is 4.58. The molecule has 0 radical (unpaired) electrons. The van der Waals surface area contributed by atoms with E-state index >= 15 is 0 Å². The summed E-state index contributed by atoms with van der Waals surface area (Å²) in [6.07, 6.45) is -14.1. The van der Waals surface area contributed by atoms with Crippen LogP contribution in [0.15, 0.2) is 30.3 Å². The highest BCUT2D eigenvalue weighted by Gasteiger charge is 2.49. The molecule has 0 spiro atoms. The van der Waals surface area contributed by atoms with Crippen molar-refractivity contribution in [3.05, 3.63) is 35.9 Å². The highest BCUT2D eigenvalue weighted by Crippen LogP contribution is 2.30. The molecule has 8 heteroatoms. The van der Waals surface area contributed by atoms with Gasteiger partial charge in [0.25, 0.3) is 6.36 Å². The molecule has 102 valence electrons. The van der Waals surface area contributed by atoms with Gasteiger partial charge >= 0.3 is 12.5 Å². The standard InChI is InChI=1S/C10H8F6O2/c11-8(18-10(14,15)16)9(12,13)17-6-7-4-2-1-3-5-7/h1-5,8H,6H2. The van der Waals surface area contributed by atoms with Crippen LogP contribution in [0.5, 0.6) is 0 Å². The molecular formula is C10H8F6O2. The van der Waals surface area contributed by atoms with Crippen molar-refractivity contribution in [3.63, 3.8) is 0 Å². The van der Waals surface area contributed by atoms with E-state index in [1.807, 2.05) is 0 Å². The lowest BCUT2D eigenvalue weighted by Gasteiger charge is -2.21. The molecule has 0 saturated heterocycles. The Morgan fingerprint density at radius 3 is 2.06 bits per heavy atom. The van der Waals surface area contributed by atoms with Gasteiger partial charge in [-0.3, -0.25) is 0 Å². The van der Waals surface area contributed by atoms with Crippen LogP contribution in [0.2, 0.25) is 0 Å². The number of halogens is 6. The monoisotopic (exact) mass is 274 g/mol. The molecule has 1 unspecified atom stereocenters. The molecule has 0 N–H and O–H groups in total. The molecule has 0 fully saturated rings. The zero-order valence-corrected chi connectivity index (χ0v) is 8.76. The zero-order chi connectivity index (χ0) is 13.8. The Morgan fingerprint density at radius 1 is 1.00 bits per heavy atom. The van der Waals surface area contributed by atoms with Crippen LogP contribution in [-0.4, -0.2) is 18.8 Å². The largest absolute Gasteiger partial charge is 0.525 e. The van der Waals surface area contributed by atoms with Gasteiger partial charge in [0.05, 0.1) is 6.61 Å². The van der Waals surface area contributed by atoms with Gasteiger partial charge in [0, 0.05) is 0 Å². The average molecular weight is 274 g/mol. The Bertz CT molecular complexity index is 364. The summed E-state index contributed by atoms with van der Waals surface area (Å²) in [7, 11) is 0. The van der Waals surface area contributed by atoms with Gasteiger partial charge in [0.2, 0.25) is 0 Å². The molecule has 2 nitrogen and oxygen atoms in total. The second-order valence-electron chi connectivity index (χ2n) is 3.22. The van der Waals surface area contributed by atoms with Crippen molar-refractivity contribution < 1.29 is 35.8 Å². The number of alkyl halides is 6. The van der Waals surface area contributed by atoms with Crippen LogP contribution in [0.25, 0.3) is 0 Å². The molecule has 18 heavy (non-hydrogen) atoms. The van der Waals surface area contributed by atoms with Crippen molar-refractivity contribution in [2.45, 2.75) is 25.4 Å². The van der Waals surface area contributed by atoms with Gasteiger partial charge in [-0.1, -0.05) is 30.3 Å². The SMILES string of the molecule is FC(OC(F)(F)F)C(F)(F)OCc1ccccc1. The van der Waals surface area contributed by atoms with E-state index < -0.39 is 25.4 Å². The summed E-state index contributed by atoms with van der Waals surface area (Å²) in [5, 5.41) is 0. The zero-order valence-electron chi connectivity index (χ0n) is 8.76. The van der Waals surface area contributed by atoms with Gasteiger partial charge in [0.1, 0.15) is 0 Å². The first-order valence-electron chi connectivity index (χ1n) is 4.65. The fraction of sp³-hybridized carbons (Fsp3) is 0.400. The minimum atomic E-state index is -5.50. The fourth-order valence-corrected chi connectivity index (χ4v) is 1.01. The third-order valence-electron chi connectivity index (χ3n) is 1.78. The molecule has 0 amide bonds. The van der Waals surface area contributed by atoms with Gasteiger partial charge in [-0.05, 0) is 5.56 Å². The summed E-state index contributed by atoms with van der Waals surface area (Å²) in [6, 6.07) is 7.42. The molecule has 1 aromatic carbocycles. The predicted molar refractivity (Wildman–Crippen MR) is 48.2 cm³/mol. The maximum absolute atomic E-state index is 12.8. The maximum Gasteiger partial charge on any atom is 0.525 e. The molecule has 0 aliphatic heterocycles. The van der Waals surface area contributed by atoms with E-state index in [1.54, 1.807) is 6.07 Å². The molecule has 0 saturated carbocycles. The molecule has 0 aliphatic rings. The van der Waals surface area contributed by atoms with E-state index in [1.165, 1.54) is 24.3 Å². The number of benzene rings is 1. The lowest BCUT2D eigenvalue weighted by Crippen LogP contribution is -2.38. The number of hydrogen-bond acceptors (Lipinski definition) is 2. The quantitative estimate of drug-likeness (QED) is 0.763. The maximum atomic E-state index is 12.8. The van der Waals surface area contributed by atoms with Crippen LogP contribution in [0.4, 0.5) is 26.3 Å². The first kappa shape index (κ1) is 14.8. The summed E-state index contributed by atoms with van der Waals surface area (Å²) >= 11 is 0. The summed E-state index contributed by atoms with van der Waals surface area (Å²) in [6.45, 7) is -0.741. The third-order valence-corrected chi connectivity index (χ3v) is 1.78. The Hall–Kier alpha value is -1.28. The topological polar surface area (TPSA) is 18.5 Å². The van der Waals surface area contributed by atoms with Crippen LogP contribution < -0.4 is 0 Å². The van der Waals surface area contributed by atoms with Crippen molar-refractivity contribution in [1.82, 2.24) is 0 Å². The van der Waals surface area contributed by atoms with Gasteiger partial charge < -0.3 is 4.74 Å². The molecule has 0 bridgehead atoms. The predicted octanol–water partition coefficient (Wildman–Crippen LogP) is 3.63. The molecular weight excluding hydrogens is 266 g/mol. The average Bonchev–Trinajstić information content (AvgIpc) is 2.26. The van der Waals surface area contributed by atoms with E-state index in [0.717, 1.165) is 0 Å². The first-order chi connectivity index (χ1) is 8.21. The van der Waals surface area contributed by atoms with Crippen LogP contribution >= 0.6 is 0 Å². The molecule has 1 atom stereocenters. The Labute approximate surface area is 98.1 Å².